The van der Waals surface area contributed by atoms with E-state index in [-0.39, 0.29) is 11.7 Å². The summed E-state index contributed by atoms with van der Waals surface area (Å²) in [5.74, 6) is -0.236. The quantitative estimate of drug-likeness (QED) is 0.842. The number of benzene rings is 1. The summed E-state index contributed by atoms with van der Waals surface area (Å²) >= 11 is 0. The van der Waals surface area contributed by atoms with Crippen LogP contribution in [0.2, 0.25) is 0 Å². The average molecular weight is 220 g/mol. The van der Waals surface area contributed by atoms with Gasteiger partial charge in [0.25, 0.3) is 0 Å². The summed E-state index contributed by atoms with van der Waals surface area (Å²) in [6.07, 6.45) is 2.30. The third kappa shape index (κ3) is 2.05. The highest BCUT2D eigenvalue weighted by molar-refractivity contribution is 5.80. The summed E-state index contributed by atoms with van der Waals surface area (Å²) in [7, 11) is 1.62. The fourth-order valence-corrected chi connectivity index (χ4v) is 1.71. The number of nitrogens with one attached hydrogen (secondary N) is 1. The van der Waals surface area contributed by atoms with Gasteiger partial charge in [0.2, 0.25) is 5.91 Å². The van der Waals surface area contributed by atoms with E-state index in [0.29, 0.717) is 13.0 Å². The number of aromatic nitrogens is 1. The summed E-state index contributed by atoms with van der Waals surface area (Å²) in [6.45, 7) is 0.606. The van der Waals surface area contributed by atoms with Crippen molar-refractivity contribution in [1.29, 1.82) is 0 Å². The second-order valence-electron chi connectivity index (χ2n) is 3.64. The predicted molar refractivity (Wildman–Crippen MR) is 60.6 cm³/mol. The molecule has 0 aliphatic carbocycles. The molecule has 1 N–H and O–H groups in total. The monoisotopic (exact) mass is 220 g/mol. The van der Waals surface area contributed by atoms with Crippen LogP contribution in [0.4, 0.5) is 4.39 Å². The molecule has 1 heterocycles. The summed E-state index contributed by atoms with van der Waals surface area (Å²) in [6, 6.07) is 6.50. The first-order valence-electron chi connectivity index (χ1n) is 5.15. The maximum atomic E-state index is 12.9. The fourth-order valence-electron chi connectivity index (χ4n) is 1.71. The molecular formula is C12H13FN2O. The van der Waals surface area contributed by atoms with Gasteiger partial charge in [-0.05, 0) is 24.3 Å². The molecule has 0 atom stereocenters. The van der Waals surface area contributed by atoms with Crippen molar-refractivity contribution in [3.05, 3.63) is 36.3 Å². The lowest BCUT2D eigenvalue weighted by atomic mass is 10.2. The number of aryl methyl sites for hydroxylation is 1. The van der Waals surface area contributed by atoms with Crippen molar-refractivity contribution in [3.8, 4) is 0 Å². The van der Waals surface area contributed by atoms with E-state index in [4.69, 9.17) is 0 Å². The van der Waals surface area contributed by atoms with Crippen molar-refractivity contribution in [1.82, 2.24) is 9.88 Å². The average Bonchev–Trinajstić information content (AvgIpc) is 2.68. The summed E-state index contributed by atoms with van der Waals surface area (Å²) < 4.78 is 14.9. The lowest BCUT2D eigenvalue weighted by Crippen LogP contribution is -2.19. The fraction of sp³-hybridized carbons (Fsp3) is 0.250. The number of amides is 1. The van der Waals surface area contributed by atoms with Crippen molar-refractivity contribution in [2.75, 3.05) is 7.05 Å². The van der Waals surface area contributed by atoms with Crippen molar-refractivity contribution in [3.63, 3.8) is 0 Å². The van der Waals surface area contributed by atoms with Crippen molar-refractivity contribution < 1.29 is 9.18 Å². The van der Waals surface area contributed by atoms with Crippen LogP contribution in [-0.4, -0.2) is 17.5 Å². The standard InChI is InChI=1S/C12H13FN2O/c1-14-12(16)5-7-15-6-4-9-8-10(13)2-3-11(9)15/h2-4,6,8H,5,7H2,1H3,(H,14,16). The minimum atomic E-state index is -0.239. The van der Waals surface area contributed by atoms with Crippen LogP contribution in [0.3, 0.4) is 0 Å². The molecule has 4 heteroatoms. The van der Waals surface area contributed by atoms with Crippen LogP contribution < -0.4 is 5.32 Å². The van der Waals surface area contributed by atoms with Gasteiger partial charge in [-0.2, -0.15) is 0 Å². The third-order valence-corrected chi connectivity index (χ3v) is 2.59. The Morgan fingerprint density at radius 1 is 1.44 bits per heavy atom. The SMILES string of the molecule is CNC(=O)CCn1ccc2cc(F)ccc21. The number of carbonyl (C=O) groups excluding carboxylic acids is 1. The van der Waals surface area contributed by atoms with E-state index in [1.807, 2.05) is 16.8 Å². The molecule has 0 aliphatic heterocycles. The van der Waals surface area contributed by atoms with Gasteiger partial charge in [0.05, 0.1) is 0 Å². The highest BCUT2D eigenvalue weighted by Gasteiger charge is 2.03. The molecule has 16 heavy (non-hydrogen) atoms. The van der Waals surface area contributed by atoms with E-state index < -0.39 is 0 Å². The molecule has 0 fully saturated rings. The number of rotatable bonds is 3. The molecule has 0 radical (unpaired) electrons. The maximum absolute atomic E-state index is 12.9. The lowest BCUT2D eigenvalue weighted by molar-refractivity contribution is -0.120. The van der Waals surface area contributed by atoms with Gasteiger partial charge >= 0.3 is 0 Å². The molecule has 0 bridgehead atoms. The highest BCUT2D eigenvalue weighted by Crippen LogP contribution is 2.17. The molecule has 1 amide bonds. The van der Waals surface area contributed by atoms with Gasteiger partial charge in [-0.1, -0.05) is 0 Å². The molecule has 0 unspecified atom stereocenters. The number of nitrogens with zero attached hydrogens (tertiary/aromatic N) is 1. The van der Waals surface area contributed by atoms with Crippen LogP contribution in [0.25, 0.3) is 10.9 Å². The molecule has 1 aromatic heterocycles. The summed E-state index contributed by atoms with van der Waals surface area (Å²) in [4.78, 5) is 11.1. The van der Waals surface area contributed by atoms with Crippen LogP contribution in [0.1, 0.15) is 6.42 Å². The Labute approximate surface area is 92.9 Å². The Kier molecular flexibility index (Phi) is 2.90. The van der Waals surface area contributed by atoms with Gasteiger partial charge in [-0.3, -0.25) is 4.79 Å². The van der Waals surface area contributed by atoms with E-state index >= 15 is 0 Å². The molecule has 84 valence electrons. The third-order valence-electron chi connectivity index (χ3n) is 2.59. The molecule has 2 aromatic rings. The second-order valence-corrected chi connectivity index (χ2v) is 3.64. The molecule has 0 saturated carbocycles. The Hall–Kier alpha value is -1.84. The van der Waals surface area contributed by atoms with Gasteiger partial charge < -0.3 is 9.88 Å². The lowest BCUT2D eigenvalue weighted by Gasteiger charge is -2.04. The zero-order valence-corrected chi connectivity index (χ0v) is 9.03. The first-order chi connectivity index (χ1) is 7.70. The van der Waals surface area contributed by atoms with E-state index in [2.05, 4.69) is 5.32 Å². The number of fused-ring (bicyclic) bond motifs is 1. The summed E-state index contributed by atoms with van der Waals surface area (Å²) in [5.41, 5.74) is 0.949. The topological polar surface area (TPSA) is 34.0 Å². The molecule has 0 spiro atoms. The van der Waals surface area contributed by atoms with Gasteiger partial charge in [0, 0.05) is 37.1 Å². The molecule has 0 aliphatic rings. The van der Waals surface area contributed by atoms with Crippen molar-refractivity contribution in [2.24, 2.45) is 0 Å². The van der Waals surface area contributed by atoms with E-state index in [0.717, 1.165) is 10.9 Å². The number of hydrogen-bond acceptors (Lipinski definition) is 1. The van der Waals surface area contributed by atoms with Crippen LogP contribution in [0.15, 0.2) is 30.5 Å². The van der Waals surface area contributed by atoms with Gasteiger partial charge in [-0.15, -0.1) is 0 Å². The minimum Gasteiger partial charge on any atom is -0.359 e. The smallest absolute Gasteiger partial charge is 0.221 e. The molecular weight excluding hydrogens is 207 g/mol. The molecule has 3 nitrogen and oxygen atoms in total. The van der Waals surface area contributed by atoms with E-state index in [9.17, 15) is 9.18 Å². The molecule has 0 saturated heterocycles. The maximum Gasteiger partial charge on any atom is 0.221 e. The Morgan fingerprint density at radius 3 is 3.00 bits per heavy atom. The second kappa shape index (κ2) is 4.35. The number of halogens is 1. The van der Waals surface area contributed by atoms with Crippen LogP contribution >= 0.6 is 0 Å². The van der Waals surface area contributed by atoms with Crippen LogP contribution in [-0.2, 0) is 11.3 Å². The minimum absolute atomic E-state index is 0.00367. The van der Waals surface area contributed by atoms with E-state index in [1.54, 1.807) is 13.1 Å². The van der Waals surface area contributed by atoms with Crippen molar-refractivity contribution >= 4 is 16.8 Å². The van der Waals surface area contributed by atoms with E-state index in [1.165, 1.54) is 12.1 Å². The van der Waals surface area contributed by atoms with Crippen molar-refractivity contribution in [2.45, 2.75) is 13.0 Å². The molecule has 1 aromatic carbocycles. The first-order valence-corrected chi connectivity index (χ1v) is 5.15. The zero-order chi connectivity index (χ0) is 11.5. The number of hydrogen-bond donors (Lipinski definition) is 1. The zero-order valence-electron chi connectivity index (χ0n) is 9.03. The predicted octanol–water partition coefficient (Wildman–Crippen LogP) is 1.92. The molecule has 2 rings (SSSR count). The Bertz CT molecular complexity index is 519. The Morgan fingerprint density at radius 2 is 2.25 bits per heavy atom. The van der Waals surface area contributed by atoms with Crippen LogP contribution in [0.5, 0.6) is 0 Å². The van der Waals surface area contributed by atoms with Crippen LogP contribution in [0, 0.1) is 5.82 Å². The first kappa shape index (κ1) is 10.7. The van der Waals surface area contributed by atoms with Gasteiger partial charge in [-0.25, -0.2) is 4.39 Å². The summed E-state index contributed by atoms with van der Waals surface area (Å²) in [5, 5.41) is 3.43. The van der Waals surface area contributed by atoms with Gasteiger partial charge in [0.1, 0.15) is 5.82 Å². The largest absolute Gasteiger partial charge is 0.359 e. The number of carbonyl (C=O) groups is 1. The Balaban J connectivity index is 2.22. The van der Waals surface area contributed by atoms with Gasteiger partial charge in [0.15, 0.2) is 0 Å². The normalized spacial score (nSPS) is 10.6. The highest BCUT2D eigenvalue weighted by atomic mass is 19.1.